The molecule has 2 aromatic carbocycles. The number of aryl methyl sites for hydroxylation is 1. The van der Waals surface area contributed by atoms with Crippen LogP contribution in [0.1, 0.15) is 5.56 Å². The van der Waals surface area contributed by atoms with Gasteiger partial charge in [0.2, 0.25) is 0 Å². The van der Waals surface area contributed by atoms with Gasteiger partial charge in [0.05, 0.1) is 20.8 Å². The molecule has 5 heteroatoms. The Morgan fingerprint density at radius 1 is 0.944 bits per heavy atom. The first-order chi connectivity index (χ1) is 8.47. The quantitative estimate of drug-likeness (QED) is 0.720. The highest BCUT2D eigenvalue weighted by Crippen LogP contribution is 2.36. The maximum absolute atomic E-state index is 6.02. The van der Waals surface area contributed by atoms with Gasteiger partial charge in [0.1, 0.15) is 0 Å². The lowest BCUT2D eigenvalue weighted by atomic mass is 10.2. The molecule has 0 aromatic heterocycles. The standard InChI is InChI=1S/C13H10Cl3NS/c1-7-4-12(17)11(16)6-13(7)18-8-2-3-9(14)10(15)5-8/h2-6H,17H2,1H3. The van der Waals surface area contributed by atoms with E-state index in [0.717, 1.165) is 15.4 Å². The number of nitrogens with two attached hydrogens (primary N) is 1. The van der Waals surface area contributed by atoms with E-state index in [-0.39, 0.29) is 0 Å². The summed E-state index contributed by atoms with van der Waals surface area (Å²) in [4.78, 5) is 2.06. The van der Waals surface area contributed by atoms with Crippen molar-refractivity contribution in [3.8, 4) is 0 Å². The molecule has 0 heterocycles. The summed E-state index contributed by atoms with van der Waals surface area (Å²) in [6.07, 6.45) is 0. The van der Waals surface area contributed by atoms with Crippen LogP contribution in [0, 0.1) is 6.92 Å². The predicted octanol–water partition coefficient (Wildman–Crippen LogP) is 5.69. The molecule has 0 unspecified atom stereocenters. The van der Waals surface area contributed by atoms with E-state index in [1.165, 1.54) is 0 Å². The Labute approximate surface area is 125 Å². The third-order valence-corrected chi connectivity index (χ3v) is 4.63. The monoisotopic (exact) mass is 317 g/mol. The van der Waals surface area contributed by atoms with Crippen LogP contribution in [0.2, 0.25) is 15.1 Å². The molecule has 0 amide bonds. The van der Waals surface area contributed by atoms with Crippen molar-refractivity contribution in [1.29, 1.82) is 0 Å². The van der Waals surface area contributed by atoms with Crippen LogP contribution in [-0.4, -0.2) is 0 Å². The summed E-state index contributed by atoms with van der Waals surface area (Å²) >= 11 is 19.5. The number of halogens is 3. The smallest absolute Gasteiger partial charge is 0.0646 e. The third kappa shape index (κ3) is 3.07. The summed E-state index contributed by atoms with van der Waals surface area (Å²) in [6, 6.07) is 9.25. The molecule has 0 saturated heterocycles. The zero-order valence-corrected chi connectivity index (χ0v) is 12.6. The van der Waals surface area contributed by atoms with Crippen molar-refractivity contribution in [3.63, 3.8) is 0 Å². The van der Waals surface area contributed by atoms with E-state index in [9.17, 15) is 0 Å². The lowest BCUT2D eigenvalue weighted by Gasteiger charge is -2.09. The number of hydrogen-bond donors (Lipinski definition) is 1. The van der Waals surface area contributed by atoms with Crippen molar-refractivity contribution in [2.45, 2.75) is 16.7 Å². The molecule has 0 aliphatic carbocycles. The average molecular weight is 319 g/mol. The Bertz CT molecular complexity index is 599. The summed E-state index contributed by atoms with van der Waals surface area (Å²) in [6.45, 7) is 1.99. The van der Waals surface area contributed by atoms with Crippen molar-refractivity contribution >= 4 is 52.3 Å². The van der Waals surface area contributed by atoms with Crippen LogP contribution in [-0.2, 0) is 0 Å². The van der Waals surface area contributed by atoms with Crippen LogP contribution in [0.5, 0.6) is 0 Å². The minimum absolute atomic E-state index is 0.542. The Morgan fingerprint density at radius 3 is 2.33 bits per heavy atom. The number of nitrogen functional groups attached to an aromatic ring is 1. The first-order valence-corrected chi connectivity index (χ1v) is 7.11. The summed E-state index contributed by atoms with van der Waals surface area (Å²) in [5, 5.41) is 1.65. The highest BCUT2D eigenvalue weighted by molar-refractivity contribution is 7.99. The predicted molar refractivity (Wildman–Crippen MR) is 81.2 cm³/mol. The van der Waals surface area contributed by atoms with Crippen LogP contribution in [0.4, 0.5) is 5.69 Å². The lowest BCUT2D eigenvalue weighted by Crippen LogP contribution is -1.89. The molecule has 2 rings (SSSR count). The molecule has 0 atom stereocenters. The van der Waals surface area contributed by atoms with Gasteiger partial charge in [0, 0.05) is 9.79 Å². The van der Waals surface area contributed by atoms with Crippen LogP contribution >= 0.6 is 46.6 Å². The fourth-order valence-corrected chi connectivity index (χ4v) is 3.02. The van der Waals surface area contributed by atoms with Gasteiger partial charge in [-0.25, -0.2) is 0 Å². The van der Waals surface area contributed by atoms with Gasteiger partial charge in [-0.2, -0.15) is 0 Å². The van der Waals surface area contributed by atoms with Gasteiger partial charge in [-0.05, 0) is 42.8 Å². The maximum Gasteiger partial charge on any atom is 0.0646 e. The van der Waals surface area contributed by atoms with Crippen molar-refractivity contribution in [2.24, 2.45) is 0 Å². The van der Waals surface area contributed by atoms with Crippen molar-refractivity contribution in [2.75, 3.05) is 5.73 Å². The highest BCUT2D eigenvalue weighted by atomic mass is 35.5. The second kappa shape index (κ2) is 5.62. The number of benzene rings is 2. The fourth-order valence-electron chi connectivity index (χ4n) is 1.46. The normalized spacial score (nSPS) is 10.7. The van der Waals surface area contributed by atoms with Crippen molar-refractivity contribution in [3.05, 3.63) is 51.0 Å². The molecular formula is C13H10Cl3NS. The Hall–Kier alpha value is -0.540. The van der Waals surface area contributed by atoms with Crippen molar-refractivity contribution < 1.29 is 0 Å². The fraction of sp³-hybridized carbons (Fsp3) is 0.0769. The van der Waals surface area contributed by atoms with Gasteiger partial charge in [0.25, 0.3) is 0 Å². The lowest BCUT2D eigenvalue weighted by molar-refractivity contribution is 1.29. The van der Waals surface area contributed by atoms with Crippen LogP contribution < -0.4 is 5.73 Å². The average Bonchev–Trinajstić information content (AvgIpc) is 2.31. The molecule has 0 aliphatic rings. The first-order valence-electron chi connectivity index (χ1n) is 5.16. The Morgan fingerprint density at radius 2 is 1.67 bits per heavy atom. The molecule has 0 bridgehead atoms. The molecule has 0 spiro atoms. The Balaban J connectivity index is 2.34. The van der Waals surface area contributed by atoms with Gasteiger partial charge >= 0.3 is 0 Å². The summed E-state index contributed by atoms with van der Waals surface area (Å²) in [7, 11) is 0. The van der Waals surface area contributed by atoms with Crippen LogP contribution in [0.3, 0.4) is 0 Å². The number of anilines is 1. The van der Waals surface area contributed by atoms with E-state index in [4.69, 9.17) is 40.5 Å². The third-order valence-electron chi connectivity index (χ3n) is 2.41. The van der Waals surface area contributed by atoms with E-state index in [1.807, 2.05) is 31.2 Å². The van der Waals surface area contributed by atoms with Gasteiger partial charge < -0.3 is 5.73 Å². The molecule has 0 aliphatic heterocycles. The highest BCUT2D eigenvalue weighted by Gasteiger charge is 2.07. The first kappa shape index (κ1) is 13.9. The summed E-state index contributed by atoms with van der Waals surface area (Å²) < 4.78 is 0. The number of hydrogen-bond acceptors (Lipinski definition) is 2. The summed E-state index contributed by atoms with van der Waals surface area (Å²) in [5.41, 5.74) is 7.41. The Kier molecular flexibility index (Phi) is 4.33. The SMILES string of the molecule is Cc1cc(N)c(Cl)cc1Sc1ccc(Cl)c(Cl)c1. The van der Waals surface area contributed by atoms with E-state index >= 15 is 0 Å². The van der Waals surface area contributed by atoms with E-state index in [0.29, 0.717) is 20.8 Å². The molecule has 0 fully saturated rings. The molecule has 0 radical (unpaired) electrons. The zero-order chi connectivity index (χ0) is 13.3. The van der Waals surface area contributed by atoms with Gasteiger partial charge in [-0.1, -0.05) is 46.6 Å². The minimum atomic E-state index is 0.542. The molecule has 0 saturated carbocycles. The topological polar surface area (TPSA) is 26.0 Å². The minimum Gasteiger partial charge on any atom is -0.398 e. The van der Waals surface area contributed by atoms with Crippen molar-refractivity contribution in [1.82, 2.24) is 0 Å². The molecule has 2 N–H and O–H groups in total. The van der Waals surface area contributed by atoms with Gasteiger partial charge in [-0.15, -0.1) is 0 Å². The largest absolute Gasteiger partial charge is 0.398 e. The van der Waals surface area contributed by atoms with E-state index < -0.39 is 0 Å². The van der Waals surface area contributed by atoms with Gasteiger partial charge in [-0.3, -0.25) is 0 Å². The number of rotatable bonds is 2. The van der Waals surface area contributed by atoms with E-state index in [2.05, 4.69) is 0 Å². The van der Waals surface area contributed by atoms with E-state index in [1.54, 1.807) is 17.8 Å². The molecule has 94 valence electrons. The maximum atomic E-state index is 6.02. The molecule has 1 nitrogen and oxygen atoms in total. The molecule has 18 heavy (non-hydrogen) atoms. The van der Waals surface area contributed by atoms with Crippen LogP contribution in [0.15, 0.2) is 40.1 Å². The summed E-state index contributed by atoms with van der Waals surface area (Å²) in [5.74, 6) is 0. The molecular weight excluding hydrogens is 309 g/mol. The second-order valence-corrected chi connectivity index (χ2v) is 6.15. The zero-order valence-electron chi connectivity index (χ0n) is 9.51. The molecule has 2 aromatic rings. The second-order valence-electron chi connectivity index (χ2n) is 3.82. The van der Waals surface area contributed by atoms with Crippen LogP contribution in [0.25, 0.3) is 0 Å². The van der Waals surface area contributed by atoms with Gasteiger partial charge in [0.15, 0.2) is 0 Å².